The zero-order valence-electron chi connectivity index (χ0n) is 12.6. The van der Waals surface area contributed by atoms with Crippen molar-refractivity contribution >= 4 is 11.3 Å². The second kappa shape index (κ2) is 6.18. The van der Waals surface area contributed by atoms with E-state index >= 15 is 0 Å². The lowest BCUT2D eigenvalue weighted by molar-refractivity contribution is 0.403. The van der Waals surface area contributed by atoms with Gasteiger partial charge in [-0.15, -0.1) is 11.3 Å². The van der Waals surface area contributed by atoms with Crippen LogP contribution in [0.1, 0.15) is 46.4 Å². The lowest BCUT2D eigenvalue weighted by Crippen LogP contribution is -2.34. The maximum absolute atomic E-state index is 5.92. The van der Waals surface area contributed by atoms with Crippen molar-refractivity contribution in [1.29, 1.82) is 0 Å². The number of methoxy groups -OCH3 is 1. The fourth-order valence-electron chi connectivity index (χ4n) is 3.42. The number of nitrogens with two attached hydrogens (primary N) is 1. The fourth-order valence-corrected chi connectivity index (χ4v) is 4.41. The summed E-state index contributed by atoms with van der Waals surface area (Å²) in [5, 5.41) is 2.21. The fraction of sp³-hybridized carbons (Fsp3) is 0.412. The SMILES string of the molecule is COc1ccc(C(NN)C2CCCc3sccc32)c(C)c1. The van der Waals surface area contributed by atoms with E-state index in [2.05, 4.69) is 35.9 Å². The maximum atomic E-state index is 5.92. The Balaban J connectivity index is 1.97. The van der Waals surface area contributed by atoms with Gasteiger partial charge in [0, 0.05) is 10.8 Å². The summed E-state index contributed by atoms with van der Waals surface area (Å²) in [5.74, 6) is 7.27. The molecule has 3 rings (SSSR count). The van der Waals surface area contributed by atoms with Crippen LogP contribution in [0.5, 0.6) is 5.75 Å². The van der Waals surface area contributed by atoms with E-state index in [-0.39, 0.29) is 6.04 Å². The molecule has 1 heterocycles. The third kappa shape index (κ3) is 2.71. The van der Waals surface area contributed by atoms with Crippen molar-refractivity contribution in [2.24, 2.45) is 5.84 Å². The average molecular weight is 302 g/mol. The highest BCUT2D eigenvalue weighted by atomic mass is 32.1. The summed E-state index contributed by atoms with van der Waals surface area (Å²) in [6, 6.07) is 8.66. The monoisotopic (exact) mass is 302 g/mol. The Kier molecular flexibility index (Phi) is 4.29. The van der Waals surface area contributed by atoms with Gasteiger partial charge in [-0.3, -0.25) is 11.3 Å². The number of rotatable bonds is 4. The van der Waals surface area contributed by atoms with Crippen LogP contribution >= 0.6 is 11.3 Å². The molecule has 2 unspecified atom stereocenters. The molecule has 0 fully saturated rings. The van der Waals surface area contributed by atoms with Crippen LogP contribution in [-0.2, 0) is 6.42 Å². The minimum absolute atomic E-state index is 0.157. The second-order valence-corrected chi connectivity index (χ2v) is 6.67. The van der Waals surface area contributed by atoms with E-state index in [0.717, 1.165) is 5.75 Å². The number of ether oxygens (including phenoxy) is 1. The van der Waals surface area contributed by atoms with E-state index in [0.29, 0.717) is 5.92 Å². The predicted molar refractivity (Wildman–Crippen MR) is 87.8 cm³/mol. The minimum Gasteiger partial charge on any atom is -0.497 e. The van der Waals surface area contributed by atoms with Crippen molar-refractivity contribution < 1.29 is 4.74 Å². The molecule has 1 aromatic heterocycles. The van der Waals surface area contributed by atoms with Crippen molar-refractivity contribution in [3.63, 3.8) is 0 Å². The summed E-state index contributed by atoms with van der Waals surface area (Å²) >= 11 is 1.87. The third-order valence-corrected chi connectivity index (χ3v) is 5.49. The lowest BCUT2D eigenvalue weighted by Gasteiger charge is -2.31. The molecule has 1 aliphatic carbocycles. The van der Waals surface area contributed by atoms with Gasteiger partial charge in [-0.05, 0) is 66.5 Å². The van der Waals surface area contributed by atoms with Crippen LogP contribution in [0.3, 0.4) is 0 Å². The molecule has 112 valence electrons. The van der Waals surface area contributed by atoms with Crippen molar-refractivity contribution in [3.05, 3.63) is 51.2 Å². The quantitative estimate of drug-likeness (QED) is 0.669. The van der Waals surface area contributed by atoms with Gasteiger partial charge in [-0.1, -0.05) is 6.07 Å². The molecule has 0 amide bonds. The van der Waals surface area contributed by atoms with E-state index < -0.39 is 0 Å². The van der Waals surface area contributed by atoms with Gasteiger partial charge in [-0.2, -0.15) is 0 Å². The van der Waals surface area contributed by atoms with Gasteiger partial charge >= 0.3 is 0 Å². The first kappa shape index (κ1) is 14.6. The van der Waals surface area contributed by atoms with Crippen LogP contribution in [0.2, 0.25) is 0 Å². The standard InChI is InChI=1S/C17H22N2OS/c1-11-10-12(20-2)6-7-13(11)17(19-18)15-4-3-5-16-14(15)8-9-21-16/h6-10,15,17,19H,3-5,18H2,1-2H3. The minimum atomic E-state index is 0.157. The summed E-state index contributed by atoms with van der Waals surface area (Å²) in [4.78, 5) is 1.53. The van der Waals surface area contributed by atoms with Crippen LogP contribution < -0.4 is 16.0 Å². The molecule has 0 saturated carbocycles. The van der Waals surface area contributed by atoms with Gasteiger partial charge in [-0.25, -0.2) is 0 Å². The molecule has 3 nitrogen and oxygen atoms in total. The normalized spacial score (nSPS) is 19.1. The second-order valence-electron chi connectivity index (χ2n) is 5.66. The summed E-state index contributed by atoms with van der Waals surface area (Å²) in [6.07, 6.45) is 3.64. The summed E-state index contributed by atoms with van der Waals surface area (Å²) < 4.78 is 5.30. The highest BCUT2D eigenvalue weighted by molar-refractivity contribution is 7.10. The lowest BCUT2D eigenvalue weighted by atomic mass is 9.79. The van der Waals surface area contributed by atoms with E-state index in [1.54, 1.807) is 7.11 Å². The first-order valence-corrected chi connectivity index (χ1v) is 8.29. The molecular weight excluding hydrogens is 280 g/mol. The van der Waals surface area contributed by atoms with Gasteiger partial charge in [0.25, 0.3) is 0 Å². The van der Waals surface area contributed by atoms with E-state index in [9.17, 15) is 0 Å². The Bertz CT molecular complexity index is 623. The number of thiophene rings is 1. The number of benzene rings is 1. The summed E-state index contributed by atoms with van der Waals surface area (Å²) in [6.45, 7) is 2.12. The third-order valence-electron chi connectivity index (χ3n) is 4.49. The first-order valence-electron chi connectivity index (χ1n) is 7.41. The molecule has 0 spiro atoms. The van der Waals surface area contributed by atoms with Crippen LogP contribution in [0.15, 0.2) is 29.6 Å². The van der Waals surface area contributed by atoms with E-state index in [4.69, 9.17) is 10.6 Å². The average Bonchev–Trinajstić information content (AvgIpc) is 2.98. The number of hydrogen-bond donors (Lipinski definition) is 2. The molecule has 0 radical (unpaired) electrons. The molecule has 0 saturated heterocycles. The molecule has 1 aromatic carbocycles. The van der Waals surface area contributed by atoms with Crippen LogP contribution in [-0.4, -0.2) is 7.11 Å². The van der Waals surface area contributed by atoms with Gasteiger partial charge in [0.05, 0.1) is 13.2 Å². The maximum Gasteiger partial charge on any atom is 0.119 e. The van der Waals surface area contributed by atoms with Gasteiger partial charge in [0.15, 0.2) is 0 Å². The predicted octanol–water partition coefficient (Wildman–Crippen LogP) is 3.69. The first-order chi connectivity index (χ1) is 10.2. The van der Waals surface area contributed by atoms with Gasteiger partial charge < -0.3 is 4.74 Å². The molecule has 1 aliphatic rings. The van der Waals surface area contributed by atoms with Crippen molar-refractivity contribution in [2.45, 2.75) is 38.1 Å². The van der Waals surface area contributed by atoms with Crippen molar-refractivity contribution in [1.82, 2.24) is 5.43 Å². The number of fused-ring (bicyclic) bond motifs is 1. The molecule has 4 heteroatoms. The molecule has 21 heavy (non-hydrogen) atoms. The van der Waals surface area contributed by atoms with Crippen LogP contribution in [0, 0.1) is 6.92 Å². The van der Waals surface area contributed by atoms with E-state index in [1.165, 1.54) is 40.8 Å². The smallest absolute Gasteiger partial charge is 0.119 e. The van der Waals surface area contributed by atoms with Crippen molar-refractivity contribution in [2.75, 3.05) is 7.11 Å². The van der Waals surface area contributed by atoms with E-state index in [1.807, 2.05) is 17.4 Å². The summed E-state index contributed by atoms with van der Waals surface area (Å²) in [7, 11) is 1.70. The van der Waals surface area contributed by atoms with Crippen molar-refractivity contribution in [3.8, 4) is 5.75 Å². The molecular formula is C17H22N2OS. The Morgan fingerprint density at radius 1 is 1.38 bits per heavy atom. The largest absolute Gasteiger partial charge is 0.497 e. The molecule has 3 N–H and O–H groups in total. The van der Waals surface area contributed by atoms with Crippen LogP contribution in [0.25, 0.3) is 0 Å². The molecule has 2 atom stereocenters. The molecule has 0 bridgehead atoms. The van der Waals surface area contributed by atoms with Gasteiger partial charge in [0.1, 0.15) is 5.75 Å². The number of hydrogen-bond acceptors (Lipinski definition) is 4. The molecule has 0 aliphatic heterocycles. The highest BCUT2D eigenvalue weighted by Crippen LogP contribution is 2.42. The van der Waals surface area contributed by atoms with Crippen LogP contribution in [0.4, 0.5) is 0 Å². The number of nitrogens with one attached hydrogen (secondary N) is 1. The number of aryl methyl sites for hydroxylation is 2. The van der Waals surface area contributed by atoms with Gasteiger partial charge in [0.2, 0.25) is 0 Å². The topological polar surface area (TPSA) is 47.3 Å². The highest BCUT2D eigenvalue weighted by Gasteiger charge is 2.30. The Labute approximate surface area is 130 Å². The zero-order chi connectivity index (χ0) is 14.8. The molecule has 2 aromatic rings. The Morgan fingerprint density at radius 2 is 2.24 bits per heavy atom. The number of hydrazine groups is 1. The zero-order valence-corrected chi connectivity index (χ0v) is 13.4. The Hall–Kier alpha value is -1.36. The summed E-state index contributed by atoms with van der Waals surface area (Å²) in [5.41, 5.74) is 7.03. The Morgan fingerprint density at radius 3 is 2.95 bits per heavy atom.